The van der Waals surface area contributed by atoms with Crippen LogP contribution in [-0.2, 0) is 9.53 Å². The van der Waals surface area contributed by atoms with Crippen LogP contribution in [0.5, 0.6) is 0 Å². The molecule has 0 amide bonds. The van der Waals surface area contributed by atoms with Gasteiger partial charge in [-0.3, -0.25) is 4.79 Å². The number of hydrogen-bond donors (Lipinski definition) is 2. The van der Waals surface area contributed by atoms with Crippen LogP contribution in [0.2, 0.25) is 0 Å². The van der Waals surface area contributed by atoms with Gasteiger partial charge in [0.05, 0.1) is 23.8 Å². The third-order valence-electron chi connectivity index (χ3n) is 13.7. The monoisotopic (exact) mass is 524 g/mol. The molecule has 5 saturated carbocycles. The van der Waals surface area contributed by atoms with Crippen molar-refractivity contribution in [3.05, 3.63) is 12.2 Å². The van der Waals surface area contributed by atoms with Gasteiger partial charge in [0, 0.05) is 12.3 Å². The quantitative estimate of drug-likeness (QED) is 0.189. The van der Waals surface area contributed by atoms with Gasteiger partial charge in [-0.2, -0.15) is 5.26 Å². The molecular weight excluding hydrogens is 476 g/mol. The number of nitrogens with zero attached hydrogens (tertiary/aromatic N) is 2. The third-order valence-corrected chi connectivity index (χ3v) is 13.7. The summed E-state index contributed by atoms with van der Waals surface area (Å²) in [6, 6.07) is 2.82. The summed E-state index contributed by atoms with van der Waals surface area (Å²) >= 11 is 0. The summed E-state index contributed by atoms with van der Waals surface area (Å²) in [7, 11) is 0. The fourth-order valence-corrected chi connectivity index (χ4v) is 11.6. The number of rotatable bonds is 4. The molecule has 38 heavy (non-hydrogen) atoms. The Morgan fingerprint density at radius 1 is 1.05 bits per heavy atom. The zero-order chi connectivity index (χ0) is 27.7. The van der Waals surface area contributed by atoms with Gasteiger partial charge < -0.3 is 15.1 Å². The molecule has 0 radical (unpaired) electrons. The van der Waals surface area contributed by atoms with Gasteiger partial charge in [-0.15, -0.1) is 0 Å². The second-order valence-electron chi connectivity index (χ2n) is 14.7. The summed E-state index contributed by atoms with van der Waals surface area (Å²) in [4.78, 5) is 11.8. The number of carbonyl (C=O) groups excluding carboxylic acids is 1. The van der Waals surface area contributed by atoms with Gasteiger partial charge in [0.25, 0.3) is 0 Å². The second kappa shape index (κ2) is 9.08. The molecule has 0 heterocycles. The van der Waals surface area contributed by atoms with Gasteiger partial charge in [-0.05, 0) is 116 Å². The lowest BCUT2D eigenvalue weighted by molar-refractivity contribution is -0.227. The number of fused-ring (bicyclic) bond motifs is 7. The molecule has 5 aliphatic carbocycles. The van der Waals surface area contributed by atoms with Gasteiger partial charge in [0.2, 0.25) is 0 Å². The first kappa shape index (κ1) is 27.7. The fourth-order valence-electron chi connectivity index (χ4n) is 11.6. The van der Waals surface area contributed by atoms with E-state index < -0.39 is 5.41 Å². The van der Waals surface area contributed by atoms with E-state index in [4.69, 9.17) is 4.74 Å². The van der Waals surface area contributed by atoms with Crippen molar-refractivity contribution in [2.75, 3.05) is 13.2 Å². The molecule has 0 aromatic carbocycles. The fraction of sp³-hybridized carbons (Fsp3) is 0.844. The van der Waals surface area contributed by atoms with Crippen LogP contribution in [0.3, 0.4) is 0 Å². The van der Waals surface area contributed by atoms with E-state index >= 15 is 0 Å². The number of ether oxygens (including phenoxy) is 1. The van der Waals surface area contributed by atoms with Crippen LogP contribution in [-0.4, -0.2) is 35.2 Å². The average Bonchev–Trinajstić information content (AvgIpc) is 3.28. The molecule has 0 spiro atoms. The van der Waals surface area contributed by atoms with E-state index in [0.29, 0.717) is 11.8 Å². The number of carbonyl (C=O) groups is 1. The van der Waals surface area contributed by atoms with E-state index in [1.165, 1.54) is 6.92 Å². The molecule has 10 atom stereocenters. The molecular formula is C32H48N2O4. The molecule has 0 aromatic heterocycles. The van der Waals surface area contributed by atoms with Crippen molar-refractivity contribution < 1.29 is 19.8 Å². The van der Waals surface area contributed by atoms with Crippen molar-refractivity contribution in [3.8, 4) is 6.07 Å². The Hall–Kier alpha value is -1.87. The highest BCUT2D eigenvalue weighted by Crippen LogP contribution is 2.77. The minimum absolute atomic E-state index is 0.0153. The number of nitriles is 1. The molecule has 0 bridgehead atoms. The smallest absolute Gasteiger partial charge is 0.302 e. The maximum absolute atomic E-state index is 11.8. The minimum Gasteiger partial charge on any atom is -0.465 e. The second-order valence-corrected chi connectivity index (χ2v) is 14.7. The summed E-state index contributed by atoms with van der Waals surface area (Å²) < 4.78 is 5.60. The standard InChI is InChI=1S/C32H48N2O4/c1-20(17-35)22-9-14-32(18-33)16-15-30(5)23(27(22)32)7-8-25-28(3)12-11-26(34-37)29(4,19-38-21(2)36)24(28)10-13-31(25,30)6/h22-25,27,35,37H,1,7-17,19H2,2-6H3/b34-26+/t22-,23+,24+,25+,27+,28-,29-,30+,31+,32+/m0/s1. The molecule has 5 fully saturated rings. The van der Waals surface area contributed by atoms with Crippen LogP contribution in [0.4, 0.5) is 0 Å². The lowest BCUT2D eigenvalue weighted by Crippen LogP contribution is -2.67. The van der Waals surface area contributed by atoms with Gasteiger partial charge in [0.1, 0.15) is 6.61 Å². The summed E-state index contributed by atoms with van der Waals surface area (Å²) in [6.45, 7) is 15.7. The van der Waals surface area contributed by atoms with Gasteiger partial charge in [-0.25, -0.2) is 0 Å². The highest BCUT2D eigenvalue weighted by Gasteiger charge is 2.71. The topological polar surface area (TPSA) is 103 Å². The van der Waals surface area contributed by atoms with E-state index in [9.17, 15) is 20.4 Å². The van der Waals surface area contributed by atoms with Crippen LogP contribution in [0, 0.1) is 68.0 Å². The van der Waals surface area contributed by atoms with E-state index in [1.807, 2.05) is 0 Å². The number of oxime groups is 1. The Bertz CT molecular complexity index is 1080. The molecule has 2 N–H and O–H groups in total. The van der Waals surface area contributed by atoms with Gasteiger partial charge >= 0.3 is 5.97 Å². The Morgan fingerprint density at radius 2 is 1.79 bits per heavy atom. The normalized spacial score (nSPS) is 50.7. The SMILES string of the molecule is C=C(CO)[C@@H]1CC[C@]2(C#N)CC[C@]3(C)[C@H](CC[C@@H]4[C@@]5(C)CC/C(=N\O)[C@@](C)(COC(C)=O)[C@@H]5CC[C@]43C)[C@@H]12. The van der Waals surface area contributed by atoms with Crippen LogP contribution in [0.25, 0.3) is 0 Å². The Balaban J connectivity index is 1.53. The first-order valence-electron chi connectivity index (χ1n) is 14.9. The third kappa shape index (κ3) is 3.45. The predicted octanol–water partition coefficient (Wildman–Crippen LogP) is 6.51. The van der Waals surface area contributed by atoms with Gasteiger partial charge in [0.15, 0.2) is 0 Å². The molecule has 6 nitrogen and oxygen atoms in total. The molecule has 5 rings (SSSR count). The zero-order valence-electron chi connectivity index (χ0n) is 24.2. The van der Waals surface area contributed by atoms with Crippen molar-refractivity contribution in [1.82, 2.24) is 0 Å². The van der Waals surface area contributed by atoms with Crippen LogP contribution in [0.15, 0.2) is 17.3 Å². The first-order valence-corrected chi connectivity index (χ1v) is 14.9. The summed E-state index contributed by atoms with van der Waals surface area (Å²) in [5.74, 6) is 1.48. The zero-order valence-corrected chi connectivity index (χ0v) is 24.2. The predicted molar refractivity (Wildman–Crippen MR) is 146 cm³/mol. The van der Waals surface area contributed by atoms with Crippen LogP contribution >= 0.6 is 0 Å². The Labute approximate surface area is 228 Å². The Morgan fingerprint density at radius 3 is 2.42 bits per heavy atom. The molecule has 210 valence electrons. The lowest BCUT2D eigenvalue weighted by atomic mass is 9.32. The molecule has 6 heteroatoms. The van der Waals surface area contributed by atoms with Crippen molar-refractivity contribution in [2.24, 2.45) is 61.8 Å². The molecule has 0 unspecified atom stereocenters. The van der Waals surface area contributed by atoms with Crippen molar-refractivity contribution in [1.29, 1.82) is 5.26 Å². The minimum atomic E-state index is -0.468. The molecule has 0 aliphatic heterocycles. The van der Waals surface area contributed by atoms with E-state index in [1.54, 1.807) is 0 Å². The molecule has 5 aliphatic rings. The van der Waals surface area contributed by atoms with Crippen molar-refractivity contribution in [2.45, 2.75) is 98.8 Å². The average molecular weight is 525 g/mol. The molecule has 0 saturated heterocycles. The van der Waals surface area contributed by atoms with E-state index in [0.717, 1.165) is 75.5 Å². The van der Waals surface area contributed by atoms with Crippen LogP contribution < -0.4 is 0 Å². The number of aliphatic hydroxyl groups excluding tert-OH is 1. The highest BCUT2D eigenvalue weighted by atomic mass is 16.5. The number of hydrogen-bond acceptors (Lipinski definition) is 6. The van der Waals surface area contributed by atoms with Crippen LogP contribution in [0.1, 0.15) is 98.8 Å². The number of esters is 1. The number of aliphatic hydroxyl groups is 1. The van der Waals surface area contributed by atoms with E-state index in [-0.39, 0.29) is 58.6 Å². The summed E-state index contributed by atoms with van der Waals surface area (Å²) in [5, 5.41) is 34.2. The largest absolute Gasteiger partial charge is 0.465 e. The summed E-state index contributed by atoms with van der Waals surface area (Å²) in [5.41, 5.74) is 1.25. The summed E-state index contributed by atoms with van der Waals surface area (Å²) in [6.07, 6.45) is 10.0. The maximum atomic E-state index is 11.8. The maximum Gasteiger partial charge on any atom is 0.302 e. The Kier molecular flexibility index (Phi) is 6.62. The van der Waals surface area contributed by atoms with E-state index in [2.05, 4.69) is 45.5 Å². The van der Waals surface area contributed by atoms with Crippen molar-refractivity contribution >= 4 is 11.7 Å². The van der Waals surface area contributed by atoms with Gasteiger partial charge in [-0.1, -0.05) is 39.4 Å². The van der Waals surface area contributed by atoms with Crippen molar-refractivity contribution in [3.63, 3.8) is 0 Å². The highest BCUT2D eigenvalue weighted by molar-refractivity contribution is 5.91. The molecule has 0 aromatic rings. The first-order chi connectivity index (χ1) is 17.9. The lowest BCUT2D eigenvalue weighted by Gasteiger charge is -2.72.